The van der Waals surface area contributed by atoms with E-state index in [1.165, 1.54) is 23.5 Å². The number of imide groups is 1. The van der Waals surface area contributed by atoms with E-state index in [0.29, 0.717) is 17.5 Å². The fourth-order valence-electron chi connectivity index (χ4n) is 4.81. The van der Waals surface area contributed by atoms with Gasteiger partial charge in [0, 0.05) is 0 Å². The predicted molar refractivity (Wildman–Crippen MR) is 75.3 cm³/mol. The van der Waals surface area contributed by atoms with Crippen LogP contribution in [0.3, 0.4) is 0 Å². The van der Waals surface area contributed by atoms with Gasteiger partial charge < -0.3 is 5.11 Å². The molecule has 5 aliphatic rings. The van der Waals surface area contributed by atoms with Crippen LogP contribution in [0.2, 0.25) is 0 Å². The number of hydrogen-bond donors (Lipinski definition) is 1. The molecule has 1 aromatic carbocycles. The Kier molecular flexibility index (Phi) is 1.96. The molecule has 1 saturated heterocycles. The largest absolute Gasteiger partial charge is 0.508 e. The lowest BCUT2D eigenvalue weighted by atomic mass is 9.63. The lowest BCUT2D eigenvalue weighted by molar-refractivity contribution is -0.124. The number of benzene rings is 1. The number of nitrogens with zero attached hydrogens (tertiary/aromatic N) is 1. The summed E-state index contributed by atoms with van der Waals surface area (Å²) in [5.74, 6) is 1.46. The van der Waals surface area contributed by atoms with Gasteiger partial charge in [-0.05, 0) is 54.4 Å². The van der Waals surface area contributed by atoms with Crippen LogP contribution in [0.25, 0.3) is 0 Å². The molecule has 1 N–H and O–H groups in total. The van der Waals surface area contributed by atoms with Gasteiger partial charge in [-0.2, -0.15) is 0 Å². The first-order chi connectivity index (χ1) is 10.2. The quantitative estimate of drug-likeness (QED) is 0.632. The Hall–Kier alpha value is -2.10. The Morgan fingerprint density at radius 1 is 0.905 bits per heavy atom. The third-order valence-corrected chi connectivity index (χ3v) is 5.77. The molecule has 0 spiro atoms. The minimum Gasteiger partial charge on any atom is -0.508 e. The average Bonchev–Trinajstić information content (AvgIpc) is 3.26. The molecule has 6 rings (SSSR count). The van der Waals surface area contributed by atoms with Gasteiger partial charge in [-0.15, -0.1) is 0 Å². The van der Waals surface area contributed by atoms with E-state index >= 15 is 0 Å². The highest BCUT2D eigenvalue weighted by atomic mass is 16.3. The Labute approximate surface area is 122 Å². The molecule has 2 amide bonds. The van der Waals surface area contributed by atoms with E-state index in [4.69, 9.17) is 0 Å². The number of aromatic hydroxyl groups is 1. The molecule has 0 aromatic heterocycles. The van der Waals surface area contributed by atoms with Gasteiger partial charge >= 0.3 is 0 Å². The fraction of sp³-hybridized carbons (Fsp3) is 0.412. The van der Waals surface area contributed by atoms with Crippen molar-refractivity contribution in [1.29, 1.82) is 0 Å². The molecular formula is C17H15NO3. The molecule has 4 nitrogen and oxygen atoms in total. The van der Waals surface area contributed by atoms with Crippen molar-refractivity contribution in [3.63, 3.8) is 0 Å². The predicted octanol–water partition coefficient (Wildman–Crippen LogP) is 1.95. The number of phenolic OH excluding ortho intramolecular Hbond substituents is 1. The highest BCUT2D eigenvalue weighted by Gasteiger charge is 2.67. The molecule has 3 fully saturated rings. The van der Waals surface area contributed by atoms with Crippen molar-refractivity contribution in [2.24, 2.45) is 35.5 Å². The third-order valence-electron chi connectivity index (χ3n) is 5.77. The maximum atomic E-state index is 12.8. The topological polar surface area (TPSA) is 57.6 Å². The highest BCUT2D eigenvalue weighted by molar-refractivity contribution is 6.22. The van der Waals surface area contributed by atoms with E-state index in [9.17, 15) is 14.7 Å². The van der Waals surface area contributed by atoms with Crippen LogP contribution in [0.5, 0.6) is 5.75 Å². The van der Waals surface area contributed by atoms with Crippen molar-refractivity contribution in [1.82, 2.24) is 0 Å². The number of carbonyl (C=O) groups excluding carboxylic acids is 2. The van der Waals surface area contributed by atoms with E-state index in [0.717, 1.165) is 0 Å². The molecule has 4 heteroatoms. The molecule has 106 valence electrons. The van der Waals surface area contributed by atoms with E-state index < -0.39 is 0 Å². The monoisotopic (exact) mass is 281 g/mol. The lowest BCUT2D eigenvalue weighted by Gasteiger charge is -2.37. The zero-order chi connectivity index (χ0) is 14.3. The summed E-state index contributed by atoms with van der Waals surface area (Å²) in [5, 5.41) is 9.37. The zero-order valence-corrected chi connectivity index (χ0v) is 11.3. The lowest BCUT2D eigenvalue weighted by Crippen LogP contribution is -2.40. The summed E-state index contributed by atoms with van der Waals surface area (Å²) in [6.07, 6.45) is 5.52. The minimum atomic E-state index is -0.162. The molecule has 0 radical (unpaired) electrons. The minimum absolute atomic E-state index is 0.0552. The Morgan fingerprint density at radius 2 is 1.43 bits per heavy atom. The molecule has 0 unspecified atom stereocenters. The molecule has 21 heavy (non-hydrogen) atoms. The number of amides is 2. The summed E-state index contributed by atoms with van der Waals surface area (Å²) < 4.78 is 0. The van der Waals surface area contributed by atoms with Crippen molar-refractivity contribution in [3.05, 3.63) is 36.4 Å². The van der Waals surface area contributed by atoms with Gasteiger partial charge in [-0.25, -0.2) is 0 Å². The third kappa shape index (κ3) is 1.30. The number of hydrogen-bond acceptors (Lipinski definition) is 3. The van der Waals surface area contributed by atoms with Crippen molar-refractivity contribution in [2.45, 2.75) is 6.42 Å². The van der Waals surface area contributed by atoms with Crippen LogP contribution < -0.4 is 4.90 Å². The average molecular weight is 281 g/mol. The molecule has 1 heterocycles. The van der Waals surface area contributed by atoms with Gasteiger partial charge in [0.25, 0.3) is 0 Å². The maximum absolute atomic E-state index is 12.8. The first-order valence-corrected chi connectivity index (χ1v) is 7.52. The first kappa shape index (κ1) is 11.5. The van der Waals surface area contributed by atoms with E-state index in [1.807, 2.05) is 0 Å². The van der Waals surface area contributed by atoms with Gasteiger partial charge in [0.2, 0.25) is 11.8 Å². The SMILES string of the molecule is O=C1[C@@H]2[C@H]3C=C[C@@H]([C@@H]4C[C@H]34)[C@@H]2C(=O)N1c1ccc(O)cc1. The molecule has 6 atom stereocenters. The second-order valence-electron chi connectivity index (χ2n) is 6.68. The van der Waals surface area contributed by atoms with Crippen LogP contribution in [0.1, 0.15) is 6.42 Å². The van der Waals surface area contributed by atoms with Crippen LogP contribution in [0, 0.1) is 35.5 Å². The van der Waals surface area contributed by atoms with E-state index in [1.54, 1.807) is 12.1 Å². The summed E-state index contributed by atoms with van der Waals surface area (Å²) in [5.41, 5.74) is 0.574. The van der Waals surface area contributed by atoms with Crippen LogP contribution in [-0.2, 0) is 9.59 Å². The zero-order valence-electron chi connectivity index (χ0n) is 11.3. The van der Waals surface area contributed by atoms with Gasteiger partial charge in [-0.1, -0.05) is 12.2 Å². The summed E-state index contributed by atoms with van der Waals surface area (Å²) in [4.78, 5) is 26.9. The summed E-state index contributed by atoms with van der Waals surface area (Å²) in [6, 6.07) is 6.31. The molecular weight excluding hydrogens is 266 g/mol. The normalized spacial score (nSPS) is 42.2. The van der Waals surface area contributed by atoms with Crippen LogP contribution in [0.15, 0.2) is 36.4 Å². The van der Waals surface area contributed by atoms with Crippen LogP contribution >= 0.6 is 0 Å². The highest BCUT2D eigenvalue weighted by Crippen LogP contribution is 2.65. The summed E-state index contributed by atoms with van der Waals surface area (Å²) in [7, 11) is 0. The first-order valence-electron chi connectivity index (χ1n) is 7.52. The van der Waals surface area contributed by atoms with E-state index in [2.05, 4.69) is 12.2 Å². The number of allylic oxidation sites excluding steroid dienone is 2. The van der Waals surface area contributed by atoms with Crippen molar-refractivity contribution >= 4 is 17.5 Å². The standard InChI is InChI=1S/C17H15NO3/c19-9-3-1-8(2-4-9)18-16(20)14-10-5-6-11(13-7-12(10)13)15(14)17(18)21/h1-6,10-15,19H,7H2/t10-,11-,12-,13+,14-,15+/m0/s1. The fourth-order valence-corrected chi connectivity index (χ4v) is 4.81. The number of phenols is 1. The Morgan fingerprint density at radius 3 is 1.95 bits per heavy atom. The van der Waals surface area contributed by atoms with Crippen LogP contribution in [0.4, 0.5) is 5.69 Å². The Bertz CT molecular complexity index is 656. The molecule has 2 bridgehead atoms. The van der Waals surface area contributed by atoms with Crippen molar-refractivity contribution in [3.8, 4) is 5.75 Å². The molecule has 1 aliphatic heterocycles. The maximum Gasteiger partial charge on any atom is 0.238 e. The molecule has 4 aliphatic carbocycles. The number of carbonyl (C=O) groups is 2. The summed E-state index contributed by atoms with van der Waals surface area (Å²) >= 11 is 0. The van der Waals surface area contributed by atoms with Gasteiger partial charge in [0.05, 0.1) is 17.5 Å². The smallest absolute Gasteiger partial charge is 0.238 e. The van der Waals surface area contributed by atoms with Gasteiger partial charge in [0.15, 0.2) is 0 Å². The molecule has 1 aromatic rings. The molecule has 2 saturated carbocycles. The van der Waals surface area contributed by atoms with E-state index in [-0.39, 0.29) is 41.2 Å². The number of rotatable bonds is 1. The van der Waals surface area contributed by atoms with Crippen molar-refractivity contribution < 1.29 is 14.7 Å². The van der Waals surface area contributed by atoms with Crippen molar-refractivity contribution in [2.75, 3.05) is 4.90 Å². The Balaban J connectivity index is 1.58. The summed E-state index contributed by atoms with van der Waals surface area (Å²) in [6.45, 7) is 0. The second kappa shape index (κ2) is 3.56. The van der Waals surface area contributed by atoms with Crippen LogP contribution in [-0.4, -0.2) is 16.9 Å². The second-order valence-corrected chi connectivity index (χ2v) is 6.68. The number of anilines is 1. The van der Waals surface area contributed by atoms with Gasteiger partial charge in [0.1, 0.15) is 5.75 Å². The van der Waals surface area contributed by atoms with Gasteiger partial charge in [-0.3, -0.25) is 14.5 Å².